The molecular formula is C19H14N4O. The fraction of sp³-hybridized carbons (Fsp3) is 0.0526. The van der Waals surface area contributed by atoms with Gasteiger partial charge in [0.2, 0.25) is 0 Å². The summed E-state index contributed by atoms with van der Waals surface area (Å²) in [4.78, 5) is 24.3. The third kappa shape index (κ3) is 2.36. The molecular weight excluding hydrogens is 300 g/mol. The molecule has 0 spiro atoms. The fourth-order valence-electron chi connectivity index (χ4n) is 2.76. The molecule has 0 saturated carbocycles. The summed E-state index contributed by atoms with van der Waals surface area (Å²) in [5.41, 5.74) is 5.08. The van der Waals surface area contributed by atoms with Crippen molar-refractivity contribution in [2.75, 3.05) is 0 Å². The van der Waals surface area contributed by atoms with Crippen LogP contribution in [0.5, 0.6) is 0 Å². The van der Waals surface area contributed by atoms with Crippen molar-refractivity contribution in [2.24, 2.45) is 0 Å². The highest BCUT2D eigenvalue weighted by molar-refractivity contribution is 5.79. The van der Waals surface area contributed by atoms with E-state index in [9.17, 15) is 4.79 Å². The number of hydrogen-bond donors (Lipinski definition) is 0. The first-order valence-corrected chi connectivity index (χ1v) is 7.58. The van der Waals surface area contributed by atoms with Gasteiger partial charge in [-0.15, -0.1) is 0 Å². The van der Waals surface area contributed by atoms with Gasteiger partial charge in [0.25, 0.3) is 0 Å². The molecule has 0 N–H and O–H groups in total. The first-order valence-electron chi connectivity index (χ1n) is 7.58. The van der Waals surface area contributed by atoms with E-state index in [0.29, 0.717) is 5.56 Å². The molecule has 5 heteroatoms. The number of aldehydes is 1. The predicted octanol–water partition coefficient (Wildman–Crippen LogP) is 3.60. The van der Waals surface area contributed by atoms with Gasteiger partial charge >= 0.3 is 0 Å². The monoisotopic (exact) mass is 314 g/mol. The summed E-state index contributed by atoms with van der Waals surface area (Å²) in [5.74, 6) is 0.850. The van der Waals surface area contributed by atoms with Gasteiger partial charge in [0.1, 0.15) is 17.6 Å². The average molecular weight is 314 g/mol. The Morgan fingerprint density at radius 1 is 0.917 bits per heavy atom. The first-order chi connectivity index (χ1) is 11.8. The molecule has 24 heavy (non-hydrogen) atoms. The quantitative estimate of drug-likeness (QED) is 0.542. The van der Waals surface area contributed by atoms with E-state index in [2.05, 4.69) is 9.97 Å². The normalized spacial score (nSPS) is 10.9. The van der Waals surface area contributed by atoms with E-state index in [-0.39, 0.29) is 0 Å². The number of benzene rings is 1. The number of hydrogen-bond acceptors (Lipinski definition) is 4. The van der Waals surface area contributed by atoms with Gasteiger partial charge in [-0.3, -0.25) is 14.3 Å². The highest BCUT2D eigenvalue weighted by atomic mass is 16.1. The maximum absolute atomic E-state index is 10.8. The number of carbonyl (C=O) groups is 1. The maximum Gasteiger partial charge on any atom is 0.165 e. The van der Waals surface area contributed by atoms with Crippen molar-refractivity contribution < 1.29 is 4.79 Å². The van der Waals surface area contributed by atoms with E-state index < -0.39 is 0 Å². The Hall–Kier alpha value is -3.34. The molecule has 4 rings (SSSR count). The molecule has 0 saturated heterocycles. The SMILES string of the molecule is Cc1nc2ccc(-c3ccncc3)nc2n1-c1ccc(C=O)cc1. The van der Waals surface area contributed by atoms with Crippen molar-refractivity contribution in [1.82, 2.24) is 19.5 Å². The van der Waals surface area contributed by atoms with Crippen LogP contribution in [0, 0.1) is 6.92 Å². The number of pyridine rings is 2. The minimum absolute atomic E-state index is 0.645. The van der Waals surface area contributed by atoms with Gasteiger partial charge in [-0.05, 0) is 55.5 Å². The number of aromatic nitrogens is 4. The zero-order valence-corrected chi connectivity index (χ0v) is 13.0. The van der Waals surface area contributed by atoms with Gasteiger partial charge in [0.15, 0.2) is 5.65 Å². The van der Waals surface area contributed by atoms with Crippen molar-refractivity contribution in [1.29, 1.82) is 0 Å². The molecule has 0 aliphatic heterocycles. The van der Waals surface area contributed by atoms with Crippen LogP contribution in [-0.4, -0.2) is 25.8 Å². The molecule has 0 unspecified atom stereocenters. The molecule has 0 fully saturated rings. The Bertz CT molecular complexity index is 1020. The Balaban J connectivity index is 1.91. The van der Waals surface area contributed by atoms with Crippen LogP contribution >= 0.6 is 0 Å². The van der Waals surface area contributed by atoms with Crippen LogP contribution in [-0.2, 0) is 0 Å². The smallest absolute Gasteiger partial charge is 0.165 e. The molecule has 3 aromatic heterocycles. The number of imidazole rings is 1. The van der Waals surface area contributed by atoms with Crippen molar-refractivity contribution >= 4 is 17.5 Å². The number of carbonyl (C=O) groups excluding carboxylic acids is 1. The molecule has 0 bridgehead atoms. The van der Waals surface area contributed by atoms with Crippen LogP contribution in [0.4, 0.5) is 0 Å². The van der Waals surface area contributed by atoms with Crippen molar-refractivity contribution in [3.8, 4) is 16.9 Å². The lowest BCUT2D eigenvalue weighted by atomic mass is 10.2. The number of nitrogens with zero attached hydrogens (tertiary/aromatic N) is 4. The summed E-state index contributed by atoms with van der Waals surface area (Å²) in [7, 11) is 0. The highest BCUT2D eigenvalue weighted by Crippen LogP contribution is 2.24. The van der Waals surface area contributed by atoms with Crippen LogP contribution in [0.25, 0.3) is 28.1 Å². The molecule has 1 aromatic carbocycles. The largest absolute Gasteiger partial charge is 0.298 e. The van der Waals surface area contributed by atoms with Crippen LogP contribution in [0.15, 0.2) is 60.9 Å². The van der Waals surface area contributed by atoms with Crippen LogP contribution < -0.4 is 0 Å². The van der Waals surface area contributed by atoms with Gasteiger partial charge in [-0.1, -0.05) is 0 Å². The van der Waals surface area contributed by atoms with Crippen molar-refractivity contribution in [3.05, 3.63) is 72.3 Å². The van der Waals surface area contributed by atoms with Gasteiger partial charge in [0, 0.05) is 29.2 Å². The van der Waals surface area contributed by atoms with Crippen LogP contribution in [0.2, 0.25) is 0 Å². The Kier molecular flexibility index (Phi) is 3.39. The molecule has 116 valence electrons. The third-order valence-corrected chi connectivity index (χ3v) is 3.94. The second-order valence-electron chi connectivity index (χ2n) is 5.48. The molecule has 4 aromatic rings. The Labute approximate surface area is 138 Å². The summed E-state index contributed by atoms with van der Waals surface area (Å²) in [6.07, 6.45) is 4.34. The second-order valence-corrected chi connectivity index (χ2v) is 5.48. The zero-order chi connectivity index (χ0) is 16.5. The molecule has 0 atom stereocenters. The van der Waals surface area contributed by atoms with E-state index in [0.717, 1.165) is 40.2 Å². The van der Waals surface area contributed by atoms with Crippen LogP contribution in [0.1, 0.15) is 16.2 Å². The van der Waals surface area contributed by atoms with E-state index in [1.165, 1.54) is 0 Å². The fourth-order valence-corrected chi connectivity index (χ4v) is 2.76. The van der Waals surface area contributed by atoms with Crippen molar-refractivity contribution in [3.63, 3.8) is 0 Å². The van der Waals surface area contributed by atoms with E-state index in [1.807, 2.05) is 47.9 Å². The molecule has 3 heterocycles. The first kappa shape index (κ1) is 14.3. The van der Waals surface area contributed by atoms with E-state index in [1.54, 1.807) is 24.5 Å². The standard InChI is InChI=1S/C19H14N4O/c1-13-21-18-7-6-17(15-8-10-20-11-9-15)22-19(18)23(13)16-4-2-14(12-24)3-5-16/h2-12H,1H3. The van der Waals surface area contributed by atoms with E-state index in [4.69, 9.17) is 4.98 Å². The average Bonchev–Trinajstić information content (AvgIpc) is 2.97. The van der Waals surface area contributed by atoms with Crippen LogP contribution in [0.3, 0.4) is 0 Å². The molecule has 5 nitrogen and oxygen atoms in total. The molecule has 0 radical (unpaired) electrons. The minimum atomic E-state index is 0.645. The van der Waals surface area contributed by atoms with Gasteiger partial charge in [-0.2, -0.15) is 0 Å². The third-order valence-electron chi connectivity index (χ3n) is 3.94. The van der Waals surface area contributed by atoms with Gasteiger partial charge < -0.3 is 0 Å². The summed E-state index contributed by atoms with van der Waals surface area (Å²) < 4.78 is 1.99. The maximum atomic E-state index is 10.8. The predicted molar refractivity (Wildman–Crippen MR) is 92.2 cm³/mol. The second kappa shape index (κ2) is 5.70. The zero-order valence-electron chi connectivity index (χ0n) is 13.0. The Morgan fingerprint density at radius 2 is 1.67 bits per heavy atom. The van der Waals surface area contributed by atoms with Gasteiger partial charge in [0.05, 0.1) is 5.69 Å². The summed E-state index contributed by atoms with van der Waals surface area (Å²) in [6.45, 7) is 1.95. The van der Waals surface area contributed by atoms with Gasteiger partial charge in [-0.25, -0.2) is 9.97 Å². The topological polar surface area (TPSA) is 60.7 Å². The highest BCUT2D eigenvalue weighted by Gasteiger charge is 2.12. The number of fused-ring (bicyclic) bond motifs is 1. The molecule has 0 aliphatic rings. The lowest BCUT2D eigenvalue weighted by molar-refractivity contribution is 0.112. The summed E-state index contributed by atoms with van der Waals surface area (Å²) >= 11 is 0. The molecule has 0 amide bonds. The lowest BCUT2D eigenvalue weighted by Gasteiger charge is -2.07. The Morgan fingerprint density at radius 3 is 2.38 bits per heavy atom. The number of rotatable bonds is 3. The van der Waals surface area contributed by atoms with Crippen molar-refractivity contribution in [2.45, 2.75) is 6.92 Å². The lowest BCUT2D eigenvalue weighted by Crippen LogP contribution is -1.99. The summed E-state index contributed by atoms with van der Waals surface area (Å²) in [5, 5.41) is 0. The number of aryl methyl sites for hydroxylation is 1. The minimum Gasteiger partial charge on any atom is -0.298 e. The summed E-state index contributed by atoms with van der Waals surface area (Å²) in [6, 6.07) is 15.2. The molecule has 0 aliphatic carbocycles. The van der Waals surface area contributed by atoms with E-state index >= 15 is 0 Å².